The summed E-state index contributed by atoms with van der Waals surface area (Å²) >= 11 is 1.09. The zero-order valence-electron chi connectivity index (χ0n) is 20.7. The van der Waals surface area contributed by atoms with Gasteiger partial charge in [0.05, 0.1) is 4.92 Å². The number of thioether (sulfide) groups is 1. The number of halogens is 1. The quantitative estimate of drug-likeness (QED) is 0.151. The van der Waals surface area contributed by atoms with Gasteiger partial charge < -0.3 is 15.4 Å². The van der Waals surface area contributed by atoms with Crippen LogP contribution in [0.4, 0.5) is 21.5 Å². The molecule has 0 fully saturated rings. The van der Waals surface area contributed by atoms with Crippen LogP contribution in [-0.4, -0.2) is 47.8 Å². The number of hydrogen-bond donors (Lipinski definition) is 2. The van der Waals surface area contributed by atoms with Gasteiger partial charge in [0.25, 0.3) is 23.4 Å². The molecule has 10 nitrogen and oxygen atoms in total. The van der Waals surface area contributed by atoms with Gasteiger partial charge in [0, 0.05) is 54.2 Å². The second-order valence-electron chi connectivity index (χ2n) is 8.33. The average molecular weight is 551 g/mol. The highest BCUT2D eigenvalue weighted by atomic mass is 32.2. The fourth-order valence-corrected chi connectivity index (χ4v) is 4.61. The van der Waals surface area contributed by atoms with Crippen molar-refractivity contribution in [2.75, 3.05) is 30.9 Å². The summed E-state index contributed by atoms with van der Waals surface area (Å²) in [6.45, 7) is 0.561. The normalized spacial score (nSPS) is 13.1. The van der Waals surface area contributed by atoms with E-state index in [4.69, 9.17) is 4.74 Å². The van der Waals surface area contributed by atoms with Crippen molar-refractivity contribution in [3.8, 4) is 0 Å². The van der Waals surface area contributed by atoms with Crippen LogP contribution in [0, 0.1) is 15.9 Å². The van der Waals surface area contributed by atoms with Crippen molar-refractivity contribution in [3.05, 3.63) is 105 Å². The van der Waals surface area contributed by atoms with Crippen LogP contribution in [0.5, 0.6) is 0 Å². The monoisotopic (exact) mass is 550 g/mol. The molecule has 1 heterocycles. The van der Waals surface area contributed by atoms with Gasteiger partial charge in [-0.25, -0.2) is 4.39 Å². The van der Waals surface area contributed by atoms with Gasteiger partial charge in [-0.2, -0.15) is 0 Å². The van der Waals surface area contributed by atoms with E-state index in [-0.39, 0.29) is 28.4 Å². The van der Waals surface area contributed by atoms with Crippen LogP contribution in [0.3, 0.4) is 0 Å². The largest absolute Gasteiger partial charge is 0.385 e. The summed E-state index contributed by atoms with van der Waals surface area (Å²) in [4.78, 5) is 51.0. The van der Waals surface area contributed by atoms with Crippen LogP contribution < -0.4 is 10.6 Å². The molecule has 1 aliphatic heterocycles. The van der Waals surface area contributed by atoms with E-state index in [1.165, 1.54) is 55.6 Å². The average Bonchev–Trinajstić information content (AvgIpc) is 3.14. The minimum absolute atomic E-state index is 0.0876. The van der Waals surface area contributed by atoms with Gasteiger partial charge in [0.15, 0.2) is 0 Å². The molecule has 0 aliphatic carbocycles. The second-order valence-corrected chi connectivity index (χ2v) is 9.41. The van der Waals surface area contributed by atoms with Crippen LogP contribution in [0.25, 0.3) is 0 Å². The fourth-order valence-electron chi connectivity index (χ4n) is 3.67. The lowest BCUT2D eigenvalue weighted by Crippen LogP contribution is -2.33. The molecule has 3 aromatic rings. The minimum Gasteiger partial charge on any atom is -0.385 e. The molecule has 12 heteroatoms. The van der Waals surface area contributed by atoms with Crippen molar-refractivity contribution in [2.24, 2.45) is 0 Å². The number of anilines is 2. The van der Waals surface area contributed by atoms with Crippen molar-refractivity contribution in [1.29, 1.82) is 0 Å². The van der Waals surface area contributed by atoms with Gasteiger partial charge in [0.1, 0.15) is 16.4 Å². The SMILES string of the molecule is COCCCN1C(=O)C(Nc2ccc(F)cc2)=C(Sc2ccc(NC(=O)c3ccc([N+](=O)[O-])cc3)cc2)C1=O. The molecule has 3 aromatic carbocycles. The summed E-state index contributed by atoms with van der Waals surface area (Å²) in [5.41, 5.74) is 1.15. The molecule has 3 amide bonds. The first kappa shape index (κ1) is 27.5. The number of rotatable bonds is 11. The van der Waals surface area contributed by atoms with Gasteiger partial charge in [-0.3, -0.25) is 29.4 Å². The Bertz CT molecular complexity index is 1430. The molecule has 0 spiro atoms. The van der Waals surface area contributed by atoms with E-state index in [0.717, 1.165) is 16.7 Å². The van der Waals surface area contributed by atoms with Crippen molar-refractivity contribution in [3.63, 3.8) is 0 Å². The van der Waals surface area contributed by atoms with E-state index >= 15 is 0 Å². The van der Waals surface area contributed by atoms with Crippen molar-refractivity contribution >= 4 is 46.5 Å². The van der Waals surface area contributed by atoms with E-state index < -0.39 is 28.5 Å². The first-order valence-corrected chi connectivity index (χ1v) is 12.5. The minimum atomic E-state index is -0.546. The first-order valence-electron chi connectivity index (χ1n) is 11.7. The fraction of sp³-hybridized carbons (Fsp3) is 0.148. The summed E-state index contributed by atoms with van der Waals surface area (Å²) in [5, 5.41) is 16.5. The Morgan fingerprint density at radius 3 is 2.23 bits per heavy atom. The molecule has 0 aromatic heterocycles. The maximum atomic E-state index is 13.4. The molecule has 0 atom stereocenters. The maximum Gasteiger partial charge on any atom is 0.278 e. The molecular weight excluding hydrogens is 527 g/mol. The number of methoxy groups -OCH3 is 1. The van der Waals surface area contributed by atoms with Crippen LogP contribution in [0.2, 0.25) is 0 Å². The maximum absolute atomic E-state index is 13.4. The summed E-state index contributed by atoms with van der Waals surface area (Å²) in [6.07, 6.45) is 0.471. The summed E-state index contributed by atoms with van der Waals surface area (Å²) in [5.74, 6) is -1.82. The predicted molar refractivity (Wildman–Crippen MR) is 144 cm³/mol. The zero-order chi connectivity index (χ0) is 27.9. The number of non-ortho nitro benzene ring substituents is 1. The van der Waals surface area contributed by atoms with Gasteiger partial charge in [-0.05, 0) is 67.1 Å². The smallest absolute Gasteiger partial charge is 0.278 e. The summed E-state index contributed by atoms with van der Waals surface area (Å²) in [6, 6.07) is 17.3. The van der Waals surface area contributed by atoms with Crippen molar-refractivity contribution < 1.29 is 28.4 Å². The number of nitrogens with zero attached hydrogens (tertiary/aromatic N) is 2. The zero-order valence-corrected chi connectivity index (χ0v) is 21.5. The van der Waals surface area contributed by atoms with Crippen LogP contribution in [0.15, 0.2) is 88.3 Å². The van der Waals surface area contributed by atoms with E-state index in [9.17, 15) is 28.9 Å². The number of imide groups is 1. The van der Waals surface area contributed by atoms with E-state index in [2.05, 4.69) is 10.6 Å². The molecule has 39 heavy (non-hydrogen) atoms. The summed E-state index contributed by atoms with van der Waals surface area (Å²) < 4.78 is 18.4. The standard InChI is InChI=1S/C27H23FN4O6S/c1-38-16-2-15-31-26(34)23(29-19-7-5-18(28)6-8-19)24(27(31)35)39-22-13-9-20(10-14-22)30-25(33)17-3-11-21(12-4-17)32(36)37/h3-14,29H,2,15-16H2,1H3,(H,30,33). The van der Waals surface area contributed by atoms with Gasteiger partial charge in [-0.1, -0.05) is 11.8 Å². The number of nitro benzene ring substituents is 1. The molecule has 0 saturated carbocycles. The Balaban J connectivity index is 1.50. The number of hydrogen-bond acceptors (Lipinski definition) is 8. The highest BCUT2D eigenvalue weighted by Crippen LogP contribution is 2.36. The van der Waals surface area contributed by atoms with E-state index in [1.54, 1.807) is 24.3 Å². The molecule has 0 radical (unpaired) electrons. The van der Waals surface area contributed by atoms with Crippen LogP contribution in [0.1, 0.15) is 16.8 Å². The lowest BCUT2D eigenvalue weighted by molar-refractivity contribution is -0.384. The molecule has 200 valence electrons. The number of nitrogens with one attached hydrogen (secondary N) is 2. The highest BCUT2D eigenvalue weighted by molar-refractivity contribution is 8.04. The number of carbonyl (C=O) groups excluding carboxylic acids is 3. The Morgan fingerprint density at radius 2 is 1.62 bits per heavy atom. The van der Waals surface area contributed by atoms with Crippen LogP contribution >= 0.6 is 11.8 Å². The molecule has 0 saturated heterocycles. The van der Waals surface area contributed by atoms with Crippen molar-refractivity contribution in [2.45, 2.75) is 11.3 Å². The van der Waals surface area contributed by atoms with Gasteiger partial charge >= 0.3 is 0 Å². The predicted octanol–water partition coefficient (Wildman–Crippen LogP) is 4.81. The summed E-state index contributed by atoms with van der Waals surface area (Å²) in [7, 11) is 1.53. The number of nitro groups is 1. The third kappa shape index (κ3) is 6.67. The number of carbonyl (C=O) groups is 3. The number of benzene rings is 3. The Kier molecular flexibility index (Phi) is 8.69. The highest BCUT2D eigenvalue weighted by Gasteiger charge is 2.38. The topological polar surface area (TPSA) is 131 Å². The van der Waals surface area contributed by atoms with Crippen LogP contribution in [-0.2, 0) is 14.3 Å². The molecular formula is C27H23FN4O6S. The second kappa shape index (κ2) is 12.3. The Hall–Kier alpha value is -4.55. The first-order chi connectivity index (χ1) is 18.8. The lowest BCUT2D eigenvalue weighted by atomic mass is 10.2. The third-order valence-corrected chi connectivity index (χ3v) is 6.73. The third-order valence-electron chi connectivity index (χ3n) is 5.64. The number of amides is 3. The van der Waals surface area contributed by atoms with Gasteiger partial charge in [0.2, 0.25) is 0 Å². The van der Waals surface area contributed by atoms with Crippen molar-refractivity contribution in [1.82, 2.24) is 4.90 Å². The molecule has 4 rings (SSSR count). The Morgan fingerprint density at radius 1 is 0.974 bits per heavy atom. The van der Waals surface area contributed by atoms with E-state index in [1.807, 2.05) is 0 Å². The van der Waals surface area contributed by atoms with Gasteiger partial charge in [-0.15, -0.1) is 0 Å². The van der Waals surface area contributed by atoms with E-state index in [0.29, 0.717) is 29.3 Å². The lowest BCUT2D eigenvalue weighted by Gasteiger charge is -2.14. The molecule has 2 N–H and O–H groups in total. The molecule has 0 unspecified atom stereocenters. The number of ether oxygens (including phenoxy) is 1. The molecule has 1 aliphatic rings. The Labute approximate surface area is 227 Å². The molecule has 0 bridgehead atoms.